The molecule has 7 nitrogen and oxygen atoms in total. The van der Waals surface area contributed by atoms with Gasteiger partial charge >= 0.3 is 5.69 Å². The number of nitrogens with zero attached hydrogens (tertiary/aromatic N) is 3. The van der Waals surface area contributed by atoms with Crippen LogP contribution in [0.25, 0.3) is 0 Å². The summed E-state index contributed by atoms with van der Waals surface area (Å²) < 4.78 is 19.8. The van der Waals surface area contributed by atoms with Crippen LogP contribution in [0.1, 0.15) is 16.1 Å². The van der Waals surface area contributed by atoms with Crippen molar-refractivity contribution >= 4 is 12.0 Å². The molecule has 0 amide bonds. The lowest BCUT2D eigenvalue weighted by molar-refractivity contribution is -0.385. The Morgan fingerprint density at radius 2 is 2.20 bits per heavy atom. The molecular formula is C12H10FN3O4. The molecule has 2 aromatic rings. The Bertz CT molecular complexity index is 696. The second kappa shape index (κ2) is 5.08. The van der Waals surface area contributed by atoms with E-state index in [9.17, 15) is 19.3 Å². The SMILES string of the molecule is Cc1nn(C)c(Oc2cc(F)ccc2[N+](=O)[O-])c1C=O. The number of hydrogen-bond acceptors (Lipinski definition) is 5. The van der Waals surface area contributed by atoms with Gasteiger partial charge in [0.05, 0.1) is 16.2 Å². The molecule has 0 spiro atoms. The Balaban J connectivity index is 2.52. The molecule has 2 rings (SSSR count). The minimum Gasteiger partial charge on any atom is -0.431 e. The summed E-state index contributed by atoms with van der Waals surface area (Å²) in [5.74, 6) is -0.954. The summed E-state index contributed by atoms with van der Waals surface area (Å²) in [5.41, 5.74) is 0.171. The van der Waals surface area contributed by atoms with Crippen molar-refractivity contribution in [2.24, 2.45) is 7.05 Å². The number of aromatic nitrogens is 2. The molecule has 0 saturated heterocycles. The molecule has 0 unspecified atom stereocenters. The number of aryl methyl sites for hydroxylation is 2. The van der Waals surface area contributed by atoms with Gasteiger partial charge in [-0.1, -0.05) is 0 Å². The van der Waals surface area contributed by atoms with Gasteiger partial charge < -0.3 is 4.74 Å². The molecule has 0 saturated carbocycles. The average Bonchev–Trinajstić information content (AvgIpc) is 2.63. The van der Waals surface area contributed by atoms with Gasteiger partial charge in [-0.2, -0.15) is 5.10 Å². The van der Waals surface area contributed by atoms with Crippen LogP contribution in [0.4, 0.5) is 10.1 Å². The van der Waals surface area contributed by atoms with Crippen LogP contribution in [-0.4, -0.2) is 21.0 Å². The molecule has 1 aromatic heterocycles. The third-order valence-electron chi connectivity index (χ3n) is 2.66. The summed E-state index contributed by atoms with van der Waals surface area (Å²) in [6.45, 7) is 1.59. The second-order valence-corrected chi connectivity index (χ2v) is 4.02. The molecule has 20 heavy (non-hydrogen) atoms. The molecule has 1 heterocycles. The van der Waals surface area contributed by atoms with E-state index in [1.807, 2.05) is 0 Å². The van der Waals surface area contributed by atoms with Crippen LogP contribution in [0, 0.1) is 22.9 Å². The highest BCUT2D eigenvalue weighted by molar-refractivity contribution is 5.80. The normalized spacial score (nSPS) is 10.3. The molecule has 0 N–H and O–H groups in total. The first-order valence-corrected chi connectivity index (χ1v) is 5.54. The Kier molecular flexibility index (Phi) is 3.47. The highest BCUT2D eigenvalue weighted by atomic mass is 19.1. The number of rotatable bonds is 4. The van der Waals surface area contributed by atoms with Gasteiger partial charge in [-0.15, -0.1) is 0 Å². The number of benzene rings is 1. The standard InChI is InChI=1S/C12H10FN3O4/c1-7-9(6-17)12(15(2)14-7)20-11-5-8(13)3-4-10(11)16(18)19/h3-6H,1-2H3. The molecule has 0 radical (unpaired) electrons. The number of carbonyl (C=O) groups excluding carboxylic acids is 1. The van der Waals surface area contributed by atoms with E-state index in [2.05, 4.69) is 5.10 Å². The van der Waals surface area contributed by atoms with Crippen LogP contribution >= 0.6 is 0 Å². The Morgan fingerprint density at radius 1 is 1.50 bits per heavy atom. The zero-order chi connectivity index (χ0) is 14.9. The maximum absolute atomic E-state index is 13.2. The van der Waals surface area contributed by atoms with Gasteiger partial charge in [0.15, 0.2) is 6.29 Å². The monoisotopic (exact) mass is 279 g/mol. The third-order valence-corrected chi connectivity index (χ3v) is 2.66. The number of nitro benzene ring substituents is 1. The zero-order valence-corrected chi connectivity index (χ0v) is 10.7. The second-order valence-electron chi connectivity index (χ2n) is 4.02. The maximum Gasteiger partial charge on any atom is 0.311 e. The predicted molar refractivity (Wildman–Crippen MR) is 66.5 cm³/mol. The maximum atomic E-state index is 13.2. The first-order valence-electron chi connectivity index (χ1n) is 5.54. The number of aldehydes is 1. The van der Waals surface area contributed by atoms with Gasteiger partial charge in [0.1, 0.15) is 5.82 Å². The van der Waals surface area contributed by atoms with Gasteiger partial charge in [0, 0.05) is 19.2 Å². The van der Waals surface area contributed by atoms with E-state index < -0.39 is 16.4 Å². The van der Waals surface area contributed by atoms with E-state index in [4.69, 9.17) is 4.74 Å². The molecule has 0 atom stereocenters. The summed E-state index contributed by atoms with van der Waals surface area (Å²) in [7, 11) is 1.51. The van der Waals surface area contributed by atoms with E-state index in [1.54, 1.807) is 6.92 Å². The van der Waals surface area contributed by atoms with Crippen molar-refractivity contribution in [3.05, 3.63) is 45.4 Å². The summed E-state index contributed by atoms with van der Waals surface area (Å²) in [5, 5.41) is 14.9. The first kappa shape index (κ1) is 13.7. The van der Waals surface area contributed by atoms with Crippen molar-refractivity contribution in [3.8, 4) is 11.6 Å². The molecule has 0 fully saturated rings. The van der Waals surface area contributed by atoms with Gasteiger partial charge in [-0.05, 0) is 13.0 Å². The van der Waals surface area contributed by atoms with E-state index >= 15 is 0 Å². The minimum atomic E-state index is -0.696. The molecular weight excluding hydrogens is 269 g/mol. The molecule has 0 aliphatic heterocycles. The zero-order valence-electron chi connectivity index (χ0n) is 10.7. The lowest BCUT2D eigenvalue weighted by Crippen LogP contribution is -2.00. The highest BCUT2D eigenvalue weighted by Crippen LogP contribution is 2.33. The van der Waals surface area contributed by atoms with Crippen LogP contribution < -0.4 is 4.74 Å². The number of nitro groups is 1. The van der Waals surface area contributed by atoms with Crippen molar-refractivity contribution in [3.63, 3.8) is 0 Å². The fourth-order valence-electron chi connectivity index (χ4n) is 1.73. The Labute approximate surface area is 112 Å². The quantitative estimate of drug-likeness (QED) is 0.487. The predicted octanol–water partition coefficient (Wildman–Crippen LogP) is 2.38. The van der Waals surface area contributed by atoms with Gasteiger partial charge in [-0.3, -0.25) is 14.9 Å². The van der Waals surface area contributed by atoms with E-state index in [0.717, 1.165) is 18.2 Å². The lowest BCUT2D eigenvalue weighted by Gasteiger charge is -2.07. The Hall–Kier alpha value is -2.77. The van der Waals surface area contributed by atoms with E-state index in [1.165, 1.54) is 11.7 Å². The molecule has 104 valence electrons. The van der Waals surface area contributed by atoms with Crippen molar-refractivity contribution in [2.45, 2.75) is 6.92 Å². The highest BCUT2D eigenvalue weighted by Gasteiger charge is 2.21. The van der Waals surface area contributed by atoms with Crippen LogP contribution in [-0.2, 0) is 7.05 Å². The summed E-state index contributed by atoms with van der Waals surface area (Å²) in [4.78, 5) is 21.2. The molecule has 0 aliphatic carbocycles. The number of carbonyl (C=O) groups is 1. The molecule has 8 heteroatoms. The molecule has 0 bridgehead atoms. The fraction of sp³-hybridized carbons (Fsp3) is 0.167. The summed E-state index contributed by atoms with van der Waals surface area (Å²) >= 11 is 0. The lowest BCUT2D eigenvalue weighted by atomic mass is 10.2. The third kappa shape index (κ3) is 2.35. The van der Waals surface area contributed by atoms with Gasteiger partial charge in [0.25, 0.3) is 0 Å². The van der Waals surface area contributed by atoms with Gasteiger partial charge in [0.2, 0.25) is 11.6 Å². The number of halogens is 1. The van der Waals surface area contributed by atoms with Crippen LogP contribution in [0.15, 0.2) is 18.2 Å². The fourth-order valence-corrected chi connectivity index (χ4v) is 1.73. The van der Waals surface area contributed by atoms with Crippen LogP contribution in [0.2, 0.25) is 0 Å². The average molecular weight is 279 g/mol. The van der Waals surface area contributed by atoms with Crippen molar-refractivity contribution in [2.75, 3.05) is 0 Å². The molecule has 1 aromatic carbocycles. The van der Waals surface area contributed by atoms with Crippen LogP contribution in [0.5, 0.6) is 11.6 Å². The summed E-state index contributed by atoms with van der Waals surface area (Å²) in [6.07, 6.45) is 0.531. The number of ether oxygens (including phenoxy) is 1. The minimum absolute atomic E-state index is 0.0196. The van der Waals surface area contributed by atoms with Crippen molar-refractivity contribution < 1.29 is 18.8 Å². The van der Waals surface area contributed by atoms with Crippen LogP contribution in [0.3, 0.4) is 0 Å². The largest absolute Gasteiger partial charge is 0.431 e. The Morgan fingerprint density at radius 3 is 2.80 bits per heavy atom. The van der Waals surface area contributed by atoms with E-state index in [0.29, 0.717) is 12.0 Å². The molecule has 0 aliphatic rings. The van der Waals surface area contributed by atoms with Crippen molar-refractivity contribution in [1.29, 1.82) is 0 Å². The van der Waals surface area contributed by atoms with Crippen molar-refractivity contribution in [1.82, 2.24) is 9.78 Å². The smallest absolute Gasteiger partial charge is 0.311 e. The summed E-state index contributed by atoms with van der Waals surface area (Å²) in [6, 6.07) is 2.84. The van der Waals surface area contributed by atoms with E-state index in [-0.39, 0.29) is 17.2 Å². The topological polar surface area (TPSA) is 87.3 Å². The number of hydrogen-bond donors (Lipinski definition) is 0. The first-order chi connectivity index (χ1) is 9.43. The van der Waals surface area contributed by atoms with Gasteiger partial charge in [-0.25, -0.2) is 9.07 Å².